The van der Waals surface area contributed by atoms with Crippen LogP contribution in [-0.4, -0.2) is 20.4 Å². The van der Waals surface area contributed by atoms with Crippen molar-refractivity contribution in [2.45, 2.75) is 26.8 Å². The number of nitrogens with one attached hydrogen (secondary N) is 2. The van der Waals surface area contributed by atoms with Crippen molar-refractivity contribution in [1.82, 2.24) is 20.4 Å². The molecule has 0 radical (unpaired) electrons. The van der Waals surface area contributed by atoms with Crippen molar-refractivity contribution in [2.24, 2.45) is 0 Å². The van der Waals surface area contributed by atoms with Crippen LogP contribution in [0.25, 0.3) is 0 Å². The van der Waals surface area contributed by atoms with E-state index < -0.39 is 0 Å². The van der Waals surface area contributed by atoms with Crippen molar-refractivity contribution in [3.05, 3.63) is 34.2 Å². The molecular weight excluding hydrogens is 238 g/mol. The summed E-state index contributed by atoms with van der Waals surface area (Å²) in [5.74, 6) is 0.751. The smallest absolute Gasteiger partial charge is 0.155 e. The summed E-state index contributed by atoms with van der Waals surface area (Å²) in [7, 11) is 0. The maximum Gasteiger partial charge on any atom is 0.155 e. The second-order valence-electron chi connectivity index (χ2n) is 3.99. The van der Waals surface area contributed by atoms with E-state index in [1.807, 2.05) is 27.0 Å². The van der Waals surface area contributed by atoms with Gasteiger partial charge in [-0.15, -0.1) is 10.2 Å². The molecule has 0 fully saturated rings. The number of nitrogens with zero attached hydrogens (tertiary/aromatic N) is 3. The van der Waals surface area contributed by atoms with Crippen molar-refractivity contribution in [2.75, 3.05) is 5.32 Å². The van der Waals surface area contributed by atoms with E-state index in [9.17, 15) is 0 Å². The van der Waals surface area contributed by atoms with Gasteiger partial charge in [0.15, 0.2) is 11.0 Å². The number of hydrogen-bond acceptors (Lipinski definition) is 4. The molecule has 0 aliphatic rings. The largest absolute Gasteiger partial charge is 0.362 e. The highest BCUT2D eigenvalue weighted by atomic mass is 35.5. The second-order valence-corrected chi connectivity index (χ2v) is 4.35. The first kappa shape index (κ1) is 11.9. The van der Waals surface area contributed by atoms with Crippen LogP contribution in [0, 0.1) is 13.8 Å². The molecule has 0 amide bonds. The quantitative estimate of drug-likeness (QED) is 0.880. The number of aromatic amines is 1. The van der Waals surface area contributed by atoms with Crippen molar-refractivity contribution >= 4 is 17.4 Å². The molecule has 0 aliphatic carbocycles. The third-order valence-corrected chi connectivity index (χ3v) is 3.20. The Morgan fingerprint density at radius 1 is 1.29 bits per heavy atom. The molecule has 90 valence electrons. The van der Waals surface area contributed by atoms with Gasteiger partial charge in [-0.2, -0.15) is 5.10 Å². The average Bonchev–Trinajstić information content (AvgIpc) is 2.83. The lowest BCUT2D eigenvalue weighted by Gasteiger charge is -2.15. The Bertz CT molecular complexity index is 509. The van der Waals surface area contributed by atoms with Crippen molar-refractivity contribution in [3.63, 3.8) is 0 Å². The standard InChI is InChI=1S/C11H14ClN5/c1-6-7(2)11(17-16-10(6)12)15-8(3)9-4-13-14-5-9/h4-5,8H,1-3H3,(H,13,14)(H,15,17). The summed E-state index contributed by atoms with van der Waals surface area (Å²) < 4.78 is 0. The highest BCUT2D eigenvalue weighted by Crippen LogP contribution is 2.23. The molecule has 1 unspecified atom stereocenters. The minimum absolute atomic E-state index is 0.113. The second kappa shape index (κ2) is 4.71. The molecule has 2 aromatic rings. The van der Waals surface area contributed by atoms with E-state index in [0.29, 0.717) is 5.15 Å². The highest BCUT2D eigenvalue weighted by molar-refractivity contribution is 6.30. The van der Waals surface area contributed by atoms with Crippen molar-refractivity contribution in [1.29, 1.82) is 0 Å². The van der Waals surface area contributed by atoms with Gasteiger partial charge in [0.05, 0.1) is 12.2 Å². The fraction of sp³-hybridized carbons (Fsp3) is 0.364. The molecule has 0 spiro atoms. The Labute approximate surface area is 105 Å². The summed E-state index contributed by atoms with van der Waals surface area (Å²) in [6, 6.07) is 0.113. The van der Waals surface area contributed by atoms with Crippen LogP contribution >= 0.6 is 11.6 Å². The lowest BCUT2D eigenvalue weighted by molar-refractivity contribution is 0.854. The summed E-state index contributed by atoms with van der Waals surface area (Å²) in [5.41, 5.74) is 3.03. The summed E-state index contributed by atoms with van der Waals surface area (Å²) in [6.45, 7) is 5.94. The van der Waals surface area contributed by atoms with Crippen LogP contribution in [0.3, 0.4) is 0 Å². The first-order valence-corrected chi connectivity index (χ1v) is 5.72. The fourth-order valence-electron chi connectivity index (χ4n) is 1.50. The lowest BCUT2D eigenvalue weighted by atomic mass is 10.1. The number of H-pyrrole nitrogens is 1. The van der Waals surface area contributed by atoms with Crippen LogP contribution in [0.1, 0.15) is 29.7 Å². The number of halogens is 1. The van der Waals surface area contributed by atoms with Crippen LogP contribution in [0.5, 0.6) is 0 Å². The molecule has 2 heterocycles. The van der Waals surface area contributed by atoms with E-state index in [4.69, 9.17) is 11.6 Å². The van der Waals surface area contributed by atoms with E-state index in [1.165, 1.54) is 0 Å². The Morgan fingerprint density at radius 2 is 2.06 bits per heavy atom. The van der Waals surface area contributed by atoms with Crippen LogP contribution in [0.15, 0.2) is 12.4 Å². The molecule has 5 nitrogen and oxygen atoms in total. The zero-order valence-corrected chi connectivity index (χ0v) is 10.7. The average molecular weight is 252 g/mol. The molecule has 17 heavy (non-hydrogen) atoms. The molecule has 0 aliphatic heterocycles. The Balaban J connectivity index is 2.22. The zero-order chi connectivity index (χ0) is 12.4. The number of rotatable bonds is 3. The molecular formula is C11H14ClN5. The van der Waals surface area contributed by atoms with Crippen molar-refractivity contribution in [3.8, 4) is 0 Å². The monoisotopic (exact) mass is 251 g/mol. The fourth-order valence-corrected chi connectivity index (χ4v) is 1.68. The lowest BCUT2D eigenvalue weighted by Crippen LogP contribution is -2.10. The summed E-state index contributed by atoms with van der Waals surface area (Å²) in [4.78, 5) is 0. The van der Waals surface area contributed by atoms with E-state index in [-0.39, 0.29) is 6.04 Å². The van der Waals surface area contributed by atoms with Gasteiger partial charge < -0.3 is 5.32 Å². The van der Waals surface area contributed by atoms with Crippen LogP contribution in [0.4, 0.5) is 5.82 Å². The molecule has 0 bridgehead atoms. The molecule has 2 N–H and O–H groups in total. The minimum atomic E-state index is 0.113. The molecule has 2 aromatic heterocycles. The normalized spacial score (nSPS) is 12.5. The van der Waals surface area contributed by atoms with E-state index in [0.717, 1.165) is 22.5 Å². The van der Waals surface area contributed by atoms with Crippen LogP contribution in [-0.2, 0) is 0 Å². The SMILES string of the molecule is Cc1c(Cl)nnc(NC(C)c2cn[nH]c2)c1C. The number of hydrogen-bond donors (Lipinski definition) is 2. The van der Waals surface area contributed by atoms with Gasteiger partial charge in [0.2, 0.25) is 0 Å². The molecule has 1 atom stereocenters. The van der Waals surface area contributed by atoms with E-state index >= 15 is 0 Å². The van der Waals surface area contributed by atoms with Gasteiger partial charge in [0.25, 0.3) is 0 Å². The van der Waals surface area contributed by atoms with Crippen molar-refractivity contribution < 1.29 is 0 Å². The van der Waals surface area contributed by atoms with E-state index in [2.05, 4.69) is 25.7 Å². The molecule has 0 saturated carbocycles. The molecule has 0 saturated heterocycles. The van der Waals surface area contributed by atoms with E-state index in [1.54, 1.807) is 6.20 Å². The maximum absolute atomic E-state index is 5.91. The molecule has 2 rings (SSSR count). The third-order valence-electron chi connectivity index (χ3n) is 2.84. The van der Waals surface area contributed by atoms with Crippen LogP contribution in [0.2, 0.25) is 5.15 Å². The predicted molar refractivity (Wildman–Crippen MR) is 67.1 cm³/mol. The van der Waals surface area contributed by atoms with Gasteiger partial charge in [-0.25, -0.2) is 0 Å². The van der Waals surface area contributed by atoms with Gasteiger partial charge in [-0.3, -0.25) is 5.10 Å². The van der Waals surface area contributed by atoms with Gasteiger partial charge in [-0.05, 0) is 31.9 Å². The maximum atomic E-state index is 5.91. The summed E-state index contributed by atoms with van der Waals surface area (Å²) >= 11 is 5.91. The zero-order valence-electron chi connectivity index (χ0n) is 9.95. The number of aromatic nitrogens is 4. The first-order chi connectivity index (χ1) is 8.09. The topological polar surface area (TPSA) is 66.5 Å². The van der Waals surface area contributed by atoms with Crippen LogP contribution < -0.4 is 5.32 Å². The molecule has 0 aromatic carbocycles. The molecule has 6 heteroatoms. The predicted octanol–water partition coefficient (Wildman–Crippen LogP) is 2.64. The summed E-state index contributed by atoms with van der Waals surface area (Å²) in [5, 5.41) is 18.4. The van der Waals surface area contributed by atoms with Gasteiger partial charge >= 0.3 is 0 Å². The van der Waals surface area contributed by atoms with Gasteiger partial charge in [0, 0.05) is 11.8 Å². The Hall–Kier alpha value is -1.62. The minimum Gasteiger partial charge on any atom is -0.362 e. The summed E-state index contributed by atoms with van der Waals surface area (Å²) in [6.07, 6.45) is 3.63. The van der Waals surface area contributed by atoms with Gasteiger partial charge in [0.1, 0.15) is 0 Å². The Kier molecular flexibility index (Phi) is 3.28. The third kappa shape index (κ3) is 2.39. The number of anilines is 1. The van der Waals surface area contributed by atoms with Gasteiger partial charge in [-0.1, -0.05) is 11.6 Å². The first-order valence-electron chi connectivity index (χ1n) is 5.34. The highest BCUT2D eigenvalue weighted by Gasteiger charge is 2.12. The Morgan fingerprint density at radius 3 is 2.71 bits per heavy atom.